The standard InChI is InChI=1S/C11H11F3N2O3S/c1-3-7(2)10(17)16-20(18,19)9-5-4-8(6-15-9)11(12,13)14/h3-6H,1-2H3,(H,16,17). The van der Waals surface area contributed by atoms with Gasteiger partial charge in [-0.1, -0.05) is 6.08 Å². The maximum atomic E-state index is 12.3. The lowest BCUT2D eigenvalue weighted by molar-refractivity contribution is -0.137. The number of pyridine rings is 1. The number of amides is 1. The third-order valence-electron chi connectivity index (χ3n) is 2.36. The Morgan fingerprint density at radius 3 is 2.35 bits per heavy atom. The largest absolute Gasteiger partial charge is 0.417 e. The second-order valence-electron chi connectivity index (χ2n) is 3.79. The quantitative estimate of drug-likeness (QED) is 0.865. The third kappa shape index (κ3) is 3.80. The zero-order chi connectivity index (χ0) is 15.6. The minimum Gasteiger partial charge on any atom is -0.269 e. The number of allylic oxidation sites excluding steroid dienone is 1. The molecule has 110 valence electrons. The molecule has 1 aromatic heterocycles. The molecule has 0 aromatic carbocycles. The summed E-state index contributed by atoms with van der Waals surface area (Å²) in [5, 5.41) is -0.664. The number of nitrogens with zero attached hydrogens (tertiary/aromatic N) is 1. The number of rotatable bonds is 3. The molecule has 20 heavy (non-hydrogen) atoms. The minimum absolute atomic E-state index is 0.153. The van der Waals surface area contributed by atoms with Gasteiger partial charge in [0.15, 0.2) is 5.03 Å². The van der Waals surface area contributed by atoms with Crippen LogP contribution in [0.25, 0.3) is 0 Å². The van der Waals surface area contributed by atoms with Gasteiger partial charge in [-0.3, -0.25) is 4.79 Å². The first-order valence-corrected chi connectivity index (χ1v) is 6.79. The molecule has 5 nitrogen and oxygen atoms in total. The molecule has 1 N–H and O–H groups in total. The lowest BCUT2D eigenvalue weighted by Crippen LogP contribution is -2.31. The summed E-state index contributed by atoms with van der Waals surface area (Å²) in [6.45, 7) is 2.93. The van der Waals surface area contributed by atoms with E-state index in [1.807, 2.05) is 0 Å². The molecule has 0 aliphatic heterocycles. The number of halogens is 3. The Labute approximate surface area is 113 Å². The number of alkyl halides is 3. The third-order valence-corrected chi connectivity index (χ3v) is 3.60. The molecular weight excluding hydrogens is 297 g/mol. The monoisotopic (exact) mass is 308 g/mol. The summed E-state index contributed by atoms with van der Waals surface area (Å²) in [5.41, 5.74) is -0.923. The Morgan fingerprint density at radius 2 is 1.95 bits per heavy atom. The predicted molar refractivity (Wildman–Crippen MR) is 64.0 cm³/mol. The van der Waals surface area contributed by atoms with E-state index in [4.69, 9.17) is 0 Å². The van der Waals surface area contributed by atoms with Gasteiger partial charge >= 0.3 is 6.18 Å². The Bertz CT molecular complexity index is 634. The zero-order valence-corrected chi connectivity index (χ0v) is 11.3. The van der Waals surface area contributed by atoms with Crippen molar-refractivity contribution < 1.29 is 26.4 Å². The number of aromatic nitrogens is 1. The summed E-state index contributed by atoms with van der Waals surface area (Å²) in [6, 6.07) is 1.26. The van der Waals surface area contributed by atoms with Crippen LogP contribution in [0.15, 0.2) is 35.0 Å². The topological polar surface area (TPSA) is 76.1 Å². The van der Waals surface area contributed by atoms with Gasteiger partial charge in [-0.05, 0) is 26.0 Å². The fourth-order valence-corrected chi connectivity index (χ4v) is 2.04. The van der Waals surface area contributed by atoms with Crippen molar-refractivity contribution in [3.8, 4) is 0 Å². The van der Waals surface area contributed by atoms with Crippen LogP contribution >= 0.6 is 0 Å². The van der Waals surface area contributed by atoms with Crippen molar-refractivity contribution in [1.82, 2.24) is 9.71 Å². The van der Waals surface area contributed by atoms with Crippen LogP contribution < -0.4 is 4.72 Å². The van der Waals surface area contributed by atoms with Crippen molar-refractivity contribution in [2.24, 2.45) is 0 Å². The van der Waals surface area contributed by atoms with E-state index < -0.39 is 32.7 Å². The van der Waals surface area contributed by atoms with Gasteiger partial charge in [-0.25, -0.2) is 9.71 Å². The Morgan fingerprint density at radius 1 is 1.35 bits per heavy atom. The first kappa shape index (κ1) is 16.2. The maximum Gasteiger partial charge on any atom is 0.417 e. The van der Waals surface area contributed by atoms with Crippen LogP contribution in [0.1, 0.15) is 19.4 Å². The van der Waals surface area contributed by atoms with E-state index >= 15 is 0 Å². The molecule has 1 heterocycles. The molecule has 0 atom stereocenters. The smallest absolute Gasteiger partial charge is 0.269 e. The van der Waals surface area contributed by atoms with Gasteiger partial charge in [0.05, 0.1) is 5.56 Å². The van der Waals surface area contributed by atoms with E-state index in [1.165, 1.54) is 19.9 Å². The number of carbonyl (C=O) groups is 1. The fraction of sp³-hybridized carbons (Fsp3) is 0.273. The Kier molecular flexibility index (Phi) is 4.53. The predicted octanol–water partition coefficient (Wildman–Crippen LogP) is 1.87. The van der Waals surface area contributed by atoms with Crippen molar-refractivity contribution in [3.63, 3.8) is 0 Å². The summed E-state index contributed by atoms with van der Waals surface area (Å²) >= 11 is 0. The van der Waals surface area contributed by atoms with Crippen LogP contribution in [0.5, 0.6) is 0 Å². The van der Waals surface area contributed by atoms with E-state index in [-0.39, 0.29) is 5.57 Å². The molecule has 0 bridgehead atoms. The zero-order valence-electron chi connectivity index (χ0n) is 10.5. The summed E-state index contributed by atoms with van der Waals surface area (Å²) in [7, 11) is -4.30. The van der Waals surface area contributed by atoms with E-state index in [0.717, 1.165) is 0 Å². The molecule has 0 unspecified atom stereocenters. The van der Waals surface area contributed by atoms with Gasteiger partial charge in [0.25, 0.3) is 15.9 Å². The first-order chi connectivity index (χ1) is 9.08. The first-order valence-electron chi connectivity index (χ1n) is 5.31. The SMILES string of the molecule is CC=C(C)C(=O)NS(=O)(=O)c1ccc(C(F)(F)F)cn1. The van der Waals surface area contributed by atoms with Crippen LogP contribution in [0.2, 0.25) is 0 Å². The summed E-state index contributed by atoms with van der Waals surface area (Å²) in [5.74, 6) is -0.866. The van der Waals surface area contributed by atoms with Crippen LogP contribution in [0.4, 0.5) is 13.2 Å². The molecule has 1 rings (SSSR count). The number of carbonyl (C=O) groups excluding carboxylic acids is 1. The molecule has 9 heteroatoms. The Hall–Kier alpha value is -1.90. The highest BCUT2D eigenvalue weighted by Gasteiger charge is 2.31. The van der Waals surface area contributed by atoms with Crippen molar-refractivity contribution >= 4 is 15.9 Å². The van der Waals surface area contributed by atoms with Gasteiger partial charge in [0.1, 0.15) is 0 Å². The van der Waals surface area contributed by atoms with Crippen molar-refractivity contribution in [3.05, 3.63) is 35.5 Å². The molecule has 1 aromatic rings. The van der Waals surface area contributed by atoms with Crippen LogP contribution in [0, 0.1) is 0 Å². The van der Waals surface area contributed by atoms with Gasteiger partial charge in [-0.2, -0.15) is 21.6 Å². The minimum atomic E-state index is -4.61. The molecule has 0 aliphatic rings. The number of nitrogens with one attached hydrogen (secondary N) is 1. The van der Waals surface area contributed by atoms with Crippen LogP contribution in [-0.2, 0) is 21.0 Å². The highest BCUT2D eigenvalue weighted by molar-refractivity contribution is 7.90. The number of hydrogen-bond donors (Lipinski definition) is 1. The highest BCUT2D eigenvalue weighted by Crippen LogP contribution is 2.28. The summed E-state index contributed by atoms with van der Waals surface area (Å²) in [4.78, 5) is 14.6. The normalized spacial score (nSPS) is 13.2. The average molecular weight is 308 g/mol. The lowest BCUT2D eigenvalue weighted by atomic mass is 10.3. The molecule has 1 amide bonds. The number of hydrogen-bond acceptors (Lipinski definition) is 4. The molecule has 0 radical (unpaired) electrons. The molecule has 0 fully saturated rings. The van der Waals surface area contributed by atoms with Crippen LogP contribution in [0.3, 0.4) is 0 Å². The molecule has 0 saturated carbocycles. The molecule has 0 aliphatic carbocycles. The average Bonchev–Trinajstić information content (AvgIpc) is 2.36. The van der Waals surface area contributed by atoms with Crippen molar-refractivity contribution in [2.45, 2.75) is 25.0 Å². The fourth-order valence-electron chi connectivity index (χ4n) is 1.09. The van der Waals surface area contributed by atoms with E-state index in [0.29, 0.717) is 18.3 Å². The lowest BCUT2D eigenvalue weighted by Gasteiger charge is -2.08. The van der Waals surface area contributed by atoms with Gasteiger partial charge < -0.3 is 0 Å². The molecule has 0 spiro atoms. The Balaban J connectivity index is 3.03. The second-order valence-corrected chi connectivity index (χ2v) is 5.42. The van der Waals surface area contributed by atoms with Crippen molar-refractivity contribution in [2.75, 3.05) is 0 Å². The van der Waals surface area contributed by atoms with E-state index in [1.54, 1.807) is 4.72 Å². The number of sulfonamides is 1. The van der Waals surface area contributed by atoms with Crippen molar-refractivity contribution in [1.29, 1.82) is 0 Å². The van der Waals surface area contributed by atoms with Crippen LogP contribution in [-0.4, -0.2) is 19.3 Å². The molecular formula is C11H11F3N2O3S. The summed E-state index contributed by atoms with van der Waals surface area (Å²) in [6.07, 6.45) is -2.83. The van der Waals surface area contributed by atoms with Gasteiger partial charge in [0.2, 0.25) is 0 Å². The maximum absolute atomic E-state index is 12.3. The molecule has 0 saturated heterocycles. The van der Waals surface area contributed by atoms with E-state index in [2.05, 4.69) is 4.98 Å². The second kappa shape index (κ2) is 5.61. The van der Waals surface area contributed by atoms with E-state index in [9.17, 15) is 26.4 Å². The highest BCUT2D eigenvalue weighted by atomic mass is 32.2. The summed E-state index contributed by atoms with van der Waals surface area (Å²) < 4.78 is 62.1. The van der Waals surface area contributed by atoms with Gasteiger partial charge in [0, 0.05) is 11.8 Å². The van der Waals surface area contributed by atoms with Gasteiger partial charge in [-0.15, -0.1) is 0 Å².